The van der Waals surface area contributed by atoms with Gasteiger partial charge in [-0.2, -0.15) is 9.97 Å². The van der Waals surface area contributed by atoms with E-state index in [0.29, 0.717) is 16.7 Å². The predicted molar refractivity (Wildman–Crippen MR) is 108 cm³/mol. The summed E-state index contributed by atoms with van der Waals surface area (Å²) in [6.45, 7) is 0. The molecule has 0 atom stereocenters. The van der Waals surface area contributed by atoms with Gasteiger partial charge in [-0.05, 0) is 54.6 Å². The fourth-order valence-electron chi connectivity index (χ4n) is 2.76. The van der Waals surface area contributed by atoms with E-state index in [0.717, 1.165) is 16.9 Å². The number of pyridine rings is 1. The van der Waals surface area contributed by atoms with Crippen molar-refractivity contribution in [2.24, 2.45) is 0 Å². The lowest BCUT2D eigenvalue weighted by molar-refractivity contribution is 0.412. The molecule has 4 rings (SSSR count). The molecule has 4 aromatic rings. The van der Waals surface area contributed by atoms with Crippen LogP contribution < -0.4 is 9.64 Å². The maximum Gasteiger partial charge on any atom is 0.325 e. The molecule has 136 valence electrons. The average Bonchev–Trinajstić information content (AvgIpc) is 2.74. The van der Waals surface area contributed by atoms with Crippen LogP contribution in [0.1, 0.15) is 5.56 Å². The molecule has 0 aliphatic carbocycles. The Kier molecular flexibility index (Phi) is 4.48. The second-order valence-electron chi connectivity index (χ2n) is 6.07. The van der Waals surface area contributed by atoms with Crippen molar-refractivity contribution in [1.82, 2.24) is 15.0 Å². The fourth-order valence-corrected chi connectivity index (χ4v) is 2.76. The Balaban J connectivity index is 1.54. The van der Waals surface area contributed by atoms with Gasteiger partial charge < -0.3 is 14.7 Å². The van der Waals surface area contributed by atoms with Gasteiger partial charge in [0.25, 0.3) is 0 Å². The van der Waals surface area contributed by atoms with E-state index in [-0.39, 0.29) is 11.9 Å². The monoisotopic (exact) mass is 368 g/mol. The molecule has 2 aromatic carbocycles. The van der Waals surface area contributed by atoms with Gasteiger partial charge in [-0.3, -0.25) is 4.98 Å². The van der Waals surface area contributed by atoms with Crippen LogP contribution in [0.25, 0.3) is 10.9 Å². The second kappa shape index (κ2) is 7.25. The van der Waals surface area contributed by atoms with E-state index in [4.69, 9.17) is 11.2 Å². The predicted octanol–water partition coefficient (Wildman–Crippen LogP) is 4.27. The normalized spacial score (nSPS) is 10.4. The zero-order valence-electron chi connectivity index (χ0n) is 15.1. The molecule has 2 heterocycles. The minimum absolute atomic E-state index is 0.0592. The third kappa shape index (κ3) is 3.41. The number of aromatic hydroxyl groups is 1. The van der Waals surface area contributed by atoms with Gasteiger partial charge in [-0.15, -0.1) is 6.42 Å². The highest BCUT2D eigenvalue weighted by atomic mass is 16.5. The van der Waals surface area contributed by atoms with Gasteiger partial charge in [0.15, 0.2) is 0 Å². The van der Waals surface area contributed by atoms with Crippen LogP contribution in [-0.4, -0.2) is 27.1 Å². The lowest BCUT2D eigenvalue weighted by atomic mass is 10.2. The van der Waals surface area contributed by atoms with E-state index in [1.807, 2.05) is 60.5 Å². The van der Waals surface area contributed by atoms with Crippen LogP contribution in [0.3, 0.4) is 0 Å². The largest absolute Gasteiger partial charge is 0.493 e. The summed E-state index contributed by atoms with van der Waals surface area (Å²) in [6.07, 6.45) is 8.52. The van der Waals surface area contributed by atoms with E-state index in [1.54, 1.807) is 18.5 Å². The van der Waals surface area contributed by atoms with Crippen LogP contribution in [0.5, 0.6) is 17.6 Å². The molecule has 28 heavy (non-hydrogen) atoms. The Bertz CT molecular complexity index is 1170. The molecule has 6 nitrogen and oxygen atoms in total. The van der Waals surface area contributed by atoms with Gasteiger partial charge >= 0.3 is 6.01 Å². The van der Waals surface area contributed by atoms with Crippen LogP contribution in [0, 0.1) is 12.3 Å². The quantitative estimate of drug-likeness (QED) is 0.542. The molecule has 2 aromatic heterocycles. The fraction of sp³-hybridized carbons (Fsp3) is 0.0455. The number of anilines is 2. The molecular formula is C22H16N4O2. The molecule has 1 N–H and O–H groups in total. The Morgan fingerprint density at radius 1 is 0.964 bits per heavy atom. The number of aromatic nitrogens is 3. The smallest absolute Gasteiger partial charge is 0.325 e. The number of benzene rings is 2. The number of hydrogen-bond donors (Lipinski definition) is 1. The van der Waals surface area contributed by atoms with Crippen LogP contribution in [0.2, 0.25) is 0 Å². The number of ether oxygens (including phenoxy) is 1. The number of terminal acetylenes is 1. The number of fused-ring (bicyclic) bond motifs is 1. The maximum absolute atomic E-state index is 10.0. The van der Waals surface area contributed by atoms with Gasteiger partial charge in [0.05, 0.1) is 17.1 Å². The summed E-state index contributed by atoms with van der Waals surface area (Å²) in [4.78, 5) is 14.3. The molecule has 0 saturated heterocycles. The zero-order valence-corrected chi connectivity index (χ0v) is 15.1. The molecule has 0 fully saturated rings. The summed E-state index contributed by atoms with van der Waals surface area (Å²) in [6, 6.07) is 16.9. The van der Waals surface area contributed by atoms with Crippen molar-refractivity contribution in [2.75, 3.05) is 11.9 Å². The third-order valence-corrected chi connectivity index (χ3v) is 4.31. The SMILES string of the molecule is C#Cc1ccc(N(C)c2ccc(Oc3nc(O)c4ccncc4n3)cc2)cc1. The first-order valence-electron chi connectivity index (χ1n) is 8.53. The number of rotatable bonds is 4. The molecule has 0 saturated carbocycles. The van der Waals surface area contributed by atoms with E-state index >= 15 is 0 Å². The lowest BCUT2D eigenvalue weighted by Gasteiger charge is -2.19. The van der Waals surface area contributed by atoms with Gasteiger partial charge in [0.2, 0.25) is 5.88 Å². The van der Waals surface area contributed by atoms with Gasteiger partial charge in [-0.25, -0.2) is 0 Å². The van der Waals surface area contributed by atoms with E-state index in [1.165, 1.54) is 0 Å². The van der Waals surface area contributed by atoms with E-state index < -0.39 is 0 Å². The van der Waals surface area contributed by atoms with Crippen molar-refractivity contribution in [2.45, 2.75) is 0 Å². The molecule has 6 heteroatoms. The Morgan fingerprint density at radius 2 is 1.64 bits per heavy atom. The van der Waals surface area contributed by atoms with Crippen LogP contribution >= 0.6 is 0 Å². The minimum atomic E-state index is -0.144. The summed E-state index contributed by atoms with van der Waals surface area (Å²) in [7, 11) is 1.97. The van der Waals surface area contributed by atoms with E-state index in [9.17, 15) is 5.11 Å². The number of nitrogens with zero attached hydrogens (tertiary/aromatic N) is 4. The van der Waals surface area contributed by atoms with Crippen molar-refractivity contribution < 1.29 is 9.84 Å². The van der Waals surface area contributed by atoms with Crippen molar-refractivity contribution in [3.05, 3.63) is 72.6 Å². The van der Waals surface area contributed by atoms with E-state index in [2.05, 4.69) is 20.9 Å². The highest BCUT2D eigenvalue weighted by molar-refractivity contribution is 5.82. The summed E-state index contributed by atoms with van der Waals surface area (Å²) in [5, 5.41) is 10.6. The number of hydrogen-bond acceptors (Lipinski definition) is 6. The topological polar surface area (TPSA) is 71.4 Å². The average molecular weight is 368 g/mol. The zero-order chi connectivity index (χ0) is 19.5. The van der Waals surface area contributed by atoms with Gasteiger partial charge in [0, 0.05) is 30.2 Å². The Labute approximate surface area is 162 Å². The first-order valence-corrected chi connectivity index (χ1v) is 8.53. The lowest BCUT2D eigenvalue weighted by Crippen LogP contribution is -2.09. The Hall–Kier alpha value is -4.11. The first kappa shape index (κ1) is 17.3. The second-order valence-corrected chi connectivity index (χ2v) is 6.07. The molecule has 0 bridgehead atoms. The molecule has 0 spiro atoms. The van der Waals surface area contributed by atoms with Crippen LogP contribution in [0.15, 0.2) is 67.0 Å². The molecule has 0 aliphatic rings. The van der Waals surface area contributed by atoms with Crippen molar-refractivity contribution >= 4 is 22.3 Å². The highest BCUT2D eigenvalue weighted by Gasteiger charge is 2.09. The summed E-state index contributed by atoms with van der Waals surface area (Å²) >= 11 is 0. The summed E-state index contributed by atoms with van der Waals surface area (Å²) in [5.41, 5.74) is 3.35. The minimum Gasteiger partial charge on any atom is -0.493 e. The standard InChI is InChI=1S/C22H16N4O2/c1-3-15-4-6-16(7-5-15)26(2)17-8-10-18(11-9-17)28-22-24-20-14-23-13-12-19(20)21(27)25-22/h1,4-14H,2H3,(H,24,25,27). The molecular weight excluding hydrogens is 352 g/mol. The molecule has 0 amide bonds. The molecule has 0 aliphatic heterocycles. The molecule has 0 unspecified atom stereocenters. The third-order valence-electron chi connectivity index (χ3n) is 4.31. The van der Waals surface area contributed by atoms with Crippen LogP contribution in [-0.2, 0) is 0 Å². The maximum atomic E-state index is 10.0. The highest BCUT2D eigenvalue weighted by Crippen LogP contribution is 2.29. The molecule has 0 radical (unpaired) electrons. The Morgan fingerprint density at radius 3 is 2.32 bits per heavy atom. The van der Waals surface area contributed by atoms with Crippen molar-refractivity contribution in [1.29, 1.82) is 0 Å². The van der Waals surface area contributed by atoms with Crippen LogP contribution in [0.4, 0.5) is 11.4 Å². The van der Waals surface area contributed by atoms with Gasteiger partial charge in [-0.1, -0.05) is 5.92 Å². The summed E-state index contributed by atoms with van der Waals surface area (Å²) in [5.74, 6) is 3.02. The van der Waals surface area contributed by atoms with Crippen molar-refractivity contribution in [3.8, 4) is 30.0 Å². The summed E-state index contributed by atoms with van der Waals surface area (Å²) < 4.78 is 5.69. The van der Waals surface area contributed by atoms with Gasteiger partial charge in [0.1, 0.15) is 5.75 Å². The first-order chi connectivity index (χ1) is 13.6. The van der Waals surface area contributed by atoms with Crippen molar-refractivity contribution in [3.63, 3.8) is 0 Å².